The van der Waals surface area contributed by atoms with E-state index in [9.17, 15) is 0 Å². The summed E-state index contributed by atoms with van der Waals surface area (Å²) in [6, 6.07) is 82.8. The van der Waals surface area contributed by atoms with E-state index in [1.165, 1.54) is 133 Å². The summed E-state index contributed by atoms with van der Waals surface area (Å²) in [6.07, 6.45) is 4.51. The molecule has 0 unspecified atom stereocenters. The number of anilines is 5. The first-order chi connectivity index (χ1) is 37.4. The van der Waals surface area contributed by atoms with E-state index >= 15 is 0 Å². The fraction of sp³-hybridized carbons (Fsp3) is 0.147. The zero-order chi connectivity index (χ0) is 52.5. The van der Waals surface area contributed by atoms with Crippen LogP contribution in [-0.4, -0.2) is 0 Å². The van der Waals surface area contributed by atoms with Crippen molar-refractivity contribution in [2.75, 3.05) is 9.80 Å². The van der Waals surface area contributed by atoms with Crippen LogP contribution in [0.5, 0.6) is 0 Å². The lowest BCUT2D eigenvalue weighted by Gasteiger charge is -2.42. The molecule has 11 aromatic carbocycles. The number of rotatable bonds is 6. The van der Waals surface area contributed by atoms with Gasteiger partial charge in [0, 0.05) is 39.0 Å². The van der Waals surface area contributed by atoms with E-state index in [0.29, 0.717) is 0 Å². The van der Waals surface area contributed by atoms with Crippen molar-refractivity contribution in [3.63, 3.8) is 0 Å². The van der Waals surface area contributed by atoms with Gasteiger partial charge >= 0.3 is 0 Å². The van der Waals surface area contributed by atoms with Gasteiger partial charge in [-0.15, -0.1) is 0 Å². The molecule has 0 bridgehead atoms. The summed E-state index contributed by atoms with van der Waals surface area (Å²) in [5, 5.41) is 7.32. The second-order valence-corrected chi connectivity index (χ2v) is 23.2. The molecule has 2 heteroatoms. The number of para-hydroxylation sites is 3. The van der Waals surface area contributed by atoms with Crippen LogP contribution in [0.4, 0.5) is 28.4 Å². The van der Waals surface area contributed by atoms with Crippen LogP contribution in [0.25, 0.3) is 76.8 Å². The maximum Gasteiger partial charge on any atom is 0.0502 e. The minimum Gasteiger partial charge on any atom is -0.314 e. The first-order valence-electron chi connectivity index (χ1n) is 27.5. The summed E-state index contributed by atoms with van der Waals surface area (Å²) in [5.74, 6) is 0. The van der Waals surface area contributed by atoms with Crippen LogP contribution in [0.1, 0.15) is 83.2 Å². The van der Waals surface area contributed by atoms with Gasteiger partial charge in [0.05, 0.1) is 11.4 Å². The lowest BCUT2D eigenvalue weighted by molar-refractivity contribution is 0.617. The van der Waals surface area contributed by atoms with Crippen molar-refractivity contribution in [3.05, 3.63) is 270 Å². The molecule has 11 aromatic rings. The van der Waals surface area contributed by atoms with Gasteiger partial charge in [-0.1, -0.05) is 217 Å². The number of fused-ring (bicyclic) bond motifs is 9. The summed E-state index contributed by atoms with van der Waals surface area (Å²) in [4.78, 5) is 5.02. The van der Waals surface area contributed by atoms with E-state index in [-0.39, 0.29) is 16.2 Å². The van der Waals surface area contributed by atoms with E-state index in [4.69, 9.17) is 0 Å². The largest absolute Gasteiger partial charge is 0.314 e. The molecule has 0 fully saturated rings. The number of benzene rings is 11. The molecule has 0 spiro atoms. The van der Waals surface area contributed by atoms with Crippen molar-refractivity contribution in [2.45, 2.75) is 71.6 Å². The van der Waals surface area contributed by atoms with E-state index < -0.39 is 0 Å². The lowest BCUT2D eigenvalue weighted by atomic mass is 9.73. The summed E-state index contributed by atoms with van der Waals surface area (Å²) in [6.45, 7) is 18.7. The monoisotopic (exact) mass is 990 g/mol. The Morgan fingerprint density at radius 1 is 0.338 bits per heavy atom. The predicted octanol–water partition coefficient (Wildman–Crippen LogP) is 20.8. The Labute approximate surface area is 453 Å². The third kappa shape index (κ3) is 6.87. The Bertz CT molecular complexity index is 4290. The fourth-order valence-corrected chi connectivity index (χ4v) is 14.1. The molecule has 3 aliphatic rings. The number of hydrogen-bond donors (Lipinski definition) is 0. The molecule has 0 saturated heterocycles. The average molecular weight is 991 g/mol. The zero-order valence-electron chi connectivity index (χ0n) is 45.3. The topological polar surface area (TPSA) is 6.48 Å². The Morgan fingerprint density at radius 3 is 1.53 bits per heavy atom. The van der Waals surface area contributed by atoms with Gasteiger partial charge in [-0.05, 0) is 179 Å². The first kappa shape index (κ1) is 46.8. The van der Waals surface area contributed by atoms with Crippen molar-refractivity contribution < 1.29 is 0 Å². The van der Waals surface area contributed by atoms with Gasteiger partial charge in [0.25, 0.3) is 0 Å². The van der Waals surface area contributed by atoms with Crippen molar-refractivity contribution >= 4 is 60.8 Å². The van der Waals surface area contributed by atoms with Gasteiger partial charge in [0.1, 0.15) is 0 Å². The molecular weight excluding hydrogens is 929 g/mol. The molecule has 2 nitrogen and oxygen atoms in total. The Morgan fingerprint density at radius 2 is 0.831 bits per heavy atom. The predicted molar refractivity (Wildman–Crippen MR) is 329 cm³/mol. The second kappa shape index (κ2) is 17.1. The molecule has 77 heavy (non-hydrogen) atoms. The number of allylic oxidation sites excluding steroid dienone is 4. The Hall–Kier alpha value is -8.72. The van der Waals surface area contributed by atoms with Crippen LogP contribution in [0, 0.1) is 0 Å². The highest BCUT2D eigenvalue weighted by Crippen LogP contribution is 2.56. The van der Waals surface area contributed by atoms with Crippen LogP contribution in [-0.2, 0) is 16.2 Å². The van der Waals surface area contributed by atoms with E-state index in [1.54, 1.807) is 0 Å². The molecule has 0 aromatic heterocycles. The molecule has 14 rings (SSSR count). The zero-order valence-corrected chi connectivity index (χ0v) is 45.3. The summed E-state index contributed by atoms with van der Waals surface area (Å²) in [7, 11) is 0. The highest BCUT2D eigenvalue weighted by Gasteiger charge is 2.39. The van der Waals surface area contributed by atoms with Crippen molar-refractivity contribution in [1.29, 1.82) is 0 Å². The molecule has 2 heterocycles. The highest BCUT2D eigenvalue weighted by atomic mass is 15.2. The second-order valence-electron chi connectivity index (χ2n) is 23.2. The van der Waals surface area contributed by atoms with Crippen LogP contribution in [0.15, 0.2) is 242 Å². The van der Waals surface area contributed by atoms with Crippen molar-refractivity contribution in [3.8, 4) is 44.5 Å². The molecule has 1 aliphatic carbocycles. The standard InChI is InChI=1S/C75H62N2/c1-9-22-62-47(2)76(68-34-17-14-31-64(68)73(62,3)4)52-38-42-59-60(45-52)71(51-26-20-25-49(43-51)50-37-40-56-55-28-12-13-30-63(55)74(5,6)67(56)44-50)58-41-39-53(46-61(58)72(59)57-29-21-24-48-23-10-11-27-54(48)57)77-69-35-18-15-32-65(69)75(7,8)66-33-16-19-36-70(66)77/h9-46H,1-8H3/b22-9-. The molecule has 0 radical (unpaired) electrons. The number of hydrogen-bond acceptors (Lipinski definition) is 2. The number of nitrogens with zero attached hydrogens (tertiary/aromatic N) is 2. The molecule has 0 saturated carbocycles. The Kier molecular flexibility index (Phi) is 10.4. The van der Waals surface area contributed by atoms with E-state index in [0.717, 1.165) is 11.4 Å². The van der Waals surface area contributed by atoms with Crippen molar-refractivity contribution in [1.82, 2.24) is 0 Å². The maximum absolute atomic E-state index is 2.51. The molecule has 2 aliphatic heterocycles. The molecule has 0 N–H and O–H groups in total. The summed E-state index contributed by atoms with van der Waals surface area (Å²) < 4.78 is 0. The van der Waals surface area contributed by atoms with Gasteiger partial charge in [0.2, 0.25) is 0 Å². The van der Waals surface area contributed by atoms with E-state index in [2.05, 4.69) is 296 Å². The molecule has 0 atom stereocenters. The van der Waals surface area contributed by atoms with Crippen LogP contribution in [0.3, 0.4) is 0 Å². The smallest absolute Gasteiger partial charge is 0.0502 e. The maximum atomic E-state index is 2.51. The van der Waals surface area contributed by atoms with Crippen LogP contribution >= 0.6 is 0 Å². The highest BCUT2D eigenvalue weighted by molar-refractivity contribution is 6.25. The van der Waals surface area contributed by atoms with Crippen molar-refractivity contribution in [2.24, 2.45) is 0 Å². The molecule has 372 valence electrons. The third-order valence-corrected chi connectivity index (χ3v) is 17.9. The quantitative estimate of drug-likeness (QED) is 0.153. The van der Waals surface area contributed by atoms with Gasteiger partial charge in [0.15, 0.2) is 0 Å². The fourth-order valence-electron chi connectivity index (χ4n) is 14.1. The van der Waals surface area contributed by atoms with Gasteiger partial charge in [-0.25, -0.2) is 0 Å². The third-order valence-electron chi connectivity index (χ3n) is 17.9. The normalized spacial score (nSPS) is 15.7. The first-order valence-corrected chi connectivity index (χ1v) is 27.5. The minimum absolute atomic E-state index is 0.107. The summed E-state index contributed by atoms with van der Waals surface area (Å²) in [5.41, 5.74) is 24.7. The van der Waals surface area contributed by atoms with Gasteiger partial charge in [-0.2, -0.15) is 0 Å². The van der Waals surface area contributed by atoms with Gasteiger partial charge in [-0.3, -0.25) is 0 Å². The SMILES string of the molecule is C/C=C\C1=C(C)N(c2ccc3c(-c4cccc5ccccc45)c4cc(N5c6ccccc6C(C)(C)c6ccccc65)ccc4c(-c4cccc(-c5ccc6c(c5)C(C)(C)c5ccccc5-6)c4)c3c2)c2ccccc2C1(C)C. The van der Waals surface area contributed by atoms with E-state index in [1.807, 2.05) is 0 Å². The average Bonchev–Trinajstić information content (AvgIpc) is 3.72. The van der Waals surface area contributed by atoms with Crippen LogP contribution < -0.4 is 9.80 Å². The molecular formula is C75H62N2. The van der Waals surface area contributed by atoms with Gasteiger partial charge < -0.3 is 9.80 Å². The lowest BCUT2D eigenvalue weighted by Crippen LogP contribution is -2.33. The molecule has 0 amide bonds. The minimum atomic E-state index is -0.178. The van der Waals surface area contributed by atoms with Crippen LogP contribution in [0.2, 0.25) is 0 Å². The summed E-state index contributed by atoms with van der Waals surface area (Å²) >= 11 is 0. The Balaban J connectivity index is 1.08.